The smallest absolute Gasteiger partial charge is 0.0637 e. The fourth-order valence-corrected chi connectivity index (χ4v) is 2.07. The summed E-state index contributed by atoms with van der Waals surface area (Å²) < 4.78 is 0. The minimum Gasteiger partial charge on any atom is -0.370 e. The van der Waals surface area contributed by atoms with E-state index < -0.39 is 0 Å². The molecule has 0 radical (unpaired) electrons. The Morgan fingerprint density at radius 2 is 2.29 bits per heavy atom. The molecule has 0 bridgehead atoms. The third kappa shape index (κ3) is 1.61. The highest BCUT2D eigenvalue weighted by Gasteiger charge is 2.16. The first-order valence-electron chi connectivity index (χ1n) is 5.58. The maximum absolute atomic E-state index is 4.55. The highest BCUT2D eigenvalue weighted by Crippen LogP contribution is 2.25. The van der Waals surface area contributed by atoms with Crippen molar-refractivity contribution in [3.05, 3.63) is 23.5 Å². The van der Waals surface area contributed by atoms with Crippen molar-refractivity contribution in [3.8, 4) is 0 Å². The molecule has 14 heavy (non-hydrogen) atoms. The predicted molar refractivity (Wildman–Crippen MR) is 59.8 cm³/mol. The Morgan fingerprint density at radius 3 is 3.00 bits per heavy atom. The summed E-state index contributed by atoms with van der Waals surface area (Å²) in [5.41, 5.74) is 4.01. The first-order valence-corrected chi connectivity index (χ1v) is 5.58. The van der Waals surface area contributed by atoms with Crippen molar-refractivity contribution in [3.63, 3.8) is 0 Å². The van der Waals surface area contributed by atoms with Crippen LogP contribution in [0.2, 0.25) is 0 Å². The summed E-state index contributed by atoms with van der Waals surface area (Å²) in [7, 11) is 0. The molecule has 0 saturated carbocycles. The van der Waals surface area contributed by atoms with Crippen molar-refractivity contribution in [2.45, 2.75) is 33.1 Å². The second-order valence-corrected chi connectivity index (χ2v) is 3.85. The van der Waals surface area contributed by atoms with Gasteiger partial charge in [-0.2, -0.15) is 0 Å². The molecule has 1 aromatic heterocycles. The molecule has 2 nitrogen and oxygen atoms in total. The van der Waals surface area contributed by atoms with Gasteiger partial charge in [0.05, 0.1) is 11.4 Å². The van der Waals surface area contributed by atoms with Crippen LogP contribution in [0.3, 0.4) is 0 Å². The molecular weight excluding hydrogens is 172 g/mol. The lowest BCUT2D eigenvalue weighted by Gasteiger charge is -2.29. The van der Waals surface area contributed by atoms with Gasteiger partial charge < -0.3 is 4.90 Å². The third-order valence-electron chi connectivity index (χ3n) is 2.98. The van der Waals surface area contributed by atoms with Gasteiger partial charge in [-0.1, -0.05) is 6.92 Å². The maximum Gasteiger partial charge on any atom is 0.0637 e. The molecular formula is C12H18N2. The van der Waals surface area contributed by atoms with Gasteiger partial charge in [0, 0.05) is 19.3 Å². The SMILES string of the molecule is CCc1cnc2c(c1)N(CC)CCC2. The summed E-state index contributed by atoms with van der Waals surface area (Å²) in [6.07, 6.45) is 5.50. The fraction of sp³-hybridized carbons (Fsp3) is 0.583. The summed E-state index contributed by atoms with van der Waals surface area (Å²) in [6.45, 7) is 6.69. The van der Waals surface area contributed by atoms with Crippen LogP contribution in [0.5, 0.6) is 0 Å². The van der Waals surface area contributed by atoms with E-state index in [-0.39, 0.29) is 0 Å². The van der Waals surface area contributed by atoms with E-state index in [0.717, 1.165) is 19.4 Å². The number of nitrogens with zero attached hydrogens (tertiary/aromatic N) is 2. The van der Waals surface area contributed by atoms with Crippen molar-refractivity contribution < 1.29 is 0 Å². The molecule has 1 aromatic rings. The molecule has 0 unspecified atom stereocenters. The second kappa shape index (κ2) is 3.99. The molecule has 0 aliphatic carbocycles. The molecule has 0 spiro atoms. The first kappa shape index (κ1) is 9.50. The molecule has 1 aliphatic heterocycles. The van der Waals surface area contributed by atoms with Crippen LogP contribution in [0.15, 0.2) is 12.3 Å². The summed E-state index contributed by atoms with van der Waals surface area (Å²) in [6, 6.07) is 2.31. The van der Waals surface area contributed by atoms with Crippen molar-refractivity contribution >= 4 is 5.69 Å². The van der Waals surface area contributed by atoms with Gasteiger partial charge in [-0.3, -0.25) is 4.98 Å². The van der Waals surface area contributed by atoms with Crippen molar-refractivity contribution in [2.24, 2.45) is 0 Å². The maximum atomic E-state index is 4.55. The summed E-state index contributed by atoms with van der Waals surface area (Å²) in [5, 5.41) is 0. The summed E-state index contributed by atoms with van der Waals surface area (Å²) in [5.74, 6) is 0. The number of aromatic nitrogens is 1. The van der Waals surface area contributed by atoms with Gasteiger partial charge in [0.25, 0.3) is 0 Å². The van der Waals surface area contributed by atoms with Crippen LogP contribution in [0.25, 0.3) is 0 Å². The zero-order valence-corrected chi connectivity index (χ0v) is 9.08. The van der Waals surface area contributed by atoms with Gasteiger partial charge in [-0.25, -0.2) is 0 Å². The Bertz CT molecular complexity index is 320. The van der Waals surface area contributed by atoms with E-state index in [1.165, 1.54) is 29.9 Å². The quantitative estimate of drug-likeness (QED) is 0.712. The van der Waals surface area contributed by atoms with Gasteiger partial charge in [-0.15, -0.1) is 0 Å². The van der Waals surface area contributed by atoms with Gasteiger partial charge in [0.1, 0.15) is 0 Å². The normalized spacial score (nSPS) is 15.4. The highest BCUT2D eigenvalue weighted by molar-refractivity contribution is 5.53. The largest absolute Gasteiger partial charge is 0.370 e. The van der Waals surface area contributed by atoms with Gasteiger partial charge >= 0.3 is 0 Å². The van der Waals surface area contributed by atoms with Gasteiger partial charge in [-0.05, 0) is 37.8 Å². The summed E-state index contributed by atoms with van der Waals surface area (Å²) in [4.78, 5) is 6.98. The van der Waals surface area contributed by atoms with Crippen molar-refractivity contribution in [1.82, 2.24) is 4.98 Å². The van der Waals surface area contributed by atoms with E-state index in [4.69, 9.17) is 0 Å². The average Bonchev–Trinajstić information content (AvgIpc) is 2.27. The Morgan fingerprint density at radius 1 is 1.43 bits per heavy atom. The monoisotopic (exact) mass is 190 g/mol. The van der Waals surface area contributed by atoms with E-state index in [1.54, 1.807) is 0 Å². The number of aryl methyl sites for hydroxylation is 2. The van der Waals surface area contributed by atoms with Gasteiger partial charge in [0.2, 0.25) is 0 Å². The molecule has 1 aliphatic rings. The number of anilines is 1. The zero-order valence-electron chi connectivity index (χ0n) is 9.08. The van der Waals surface area contributed by atoms with Crippen LogP contribution in [-0.2, 0) is 12.8 Å². The van der Waals surface area contributed by atoms with Crippen LogP contribution in [0.1, 0.15) is 31.5 Å². The predicted octanol–water partition coefficient (Wildman–Crippen LogP) is 2.42. The lowest BCUT2D eigenvalue weighted by Crippen LogP contribution is -2.29. The van der Waals surface area contributed by atoms with Crippen molar-refractivity contribution in [2.75, 3.05) is 18.0 Å². The molecule has 0 N–H and O–H groups in total. The minimum absolute atomic E-state index is 1.08. The van der Waals surface area contributed by atoms with Crippen LogP contribution in [0, 0.1) is 0 Å². The number of fused-ring (bicyclic) bond motifs is 1. The Balaban J connectivity index is 2.38. The molecule has 2 heteroatoms. The summed E-state index contributed by atoms with van der Waals surface area (Å²) >= 11 is 0. The lowest BCUT2D eigenvalue weighted by atomic mass is 10.1. The number of hydrogen-bond donors (Lipinski definition) is 0. The molecule has 0 amide bonds. The van der Waals surface area contributed by atoms with Crippen LogP contribution in [-0.4, -0.2) is 18.1 Å². The Kier molecular flexibility index (Phi) is 2.71. The van der Waals surface area contributed by atoms with Crippen LogP contribution in [0.4, 0.5) is 5.69 Å². The van der Waals surface area contributed by atoms with E-state index in [0.29, 0.717) is 0 Å². The second-order valence-electron chi connectivity index (χ2n) is 3.85. The first-order chi connectivity index (χ1) is 6.85. The van der Waals surface area contributed by atoms with E-state index in [2.05, 4.69) is 29.8 Å². The van der Waals surface area contributed by atoms with Crippen LogP contribution >= 0.6 is 0 Å². The van der Waals surface area contributed by atoms with Crippen LogP contribution < -0.4 is 4.90 Å². The molecule has 0 saturated heterocycles. The standard InChI is InChI=1S/C12H18N2/c1-3-10-8-12-11(13-9-10)6-5-7-14(12)4-2/h8-9H,3-7H2,1-2H3. The molecule has 2 rings (SSSR count). The third-order valence-corrected chi connectivity index (χ3v) is 2.98. The molecule has 0 aromatic carbocycles. The number of hydrogen-bond acceptors (Lipinski definition) is 2. The molecule has 0 fully saturated rings. The van der Waals surface area contributed by atoms with E-state index >= 15 is 0 Å². The molecule has 2 heterocycles. The number of pyridine rings is 1. The van der Waals surface area contributed by atoms with E-state index in [1.807, 2.05) is 6.20 Å². The number of rotatable bonds is 2. The van der Waals surface area contributed by atoms with Gasteiger partial charge in [0.15, 0.2) is 0 Å². The lowest BCUT2D eigenvalue weighted by molar-refractivity contribution is 0.690. The van der Waals surface area contributed by atoms with E-state index in [9.17, 15) is 0 Å². The topological polar surface area (TPSA) is 16.1 Å². The highest BCUT2D eigenvalue weighted by atomic mass is 15.1. The van der Waals surface area contributed by atoms with Crippen molar-refractivity contribution in [1.29, 1.82) is 0 Å². The molecule has 76 valence electrons. The zero-order chi connectivity index (χ0) is 9.97. The fourth-order valence-electron chi connectivity index (χ4n) is 2.07. The average molecular weight is 190 g/mol. The Hall–Kier alpha value is -1.05. The molecule has 0 atom stereocenters. The minimum atomic E-state index is 1.08. The Labute approximate surface area is 86.0 Å².